The van der Waals surface area contributed by atoms with Crippen LogP contribution in [0.15, 0.2) is 66.9 Å². The Morgan fingerprint density at radius 3 is 2.56 bits per heavy atom. The van der Waals surface area contributed by atoms with Crippen LogP contribution in [0.5, 0.6) is 5.75 Å². The van der Waals surface area contributed by atoms with E-state index in [4.69, 9.17) is 22.1 Å². The molecule has 7 heteroatoms. The minimum atomic E-state index is -0.613. The third-order valence-electron chi connectivity index (χ3n) is 3.88. The lowest BCUT2D eigenvalue weighted by Crippen LogP contribution is -2.20. The Morgan fingerprint density at radius 2 is 1.89 bits per heavy atom. The van der Waals surface area contributed by atoms with E-state index in [2.05, 4.69) is 10.3 Å². The van der Waals surface area contributed by atoms with Crippen LogP contribution in [-0.4, -0.2) is 17.5 Å². The van der Waals surface area contributed by atoms with Gasteiger partial charge in [0.1, 0.15) is 12.4 Å². The Bertz CT molecular complexity index is 938. The number of hydrogen-bond donors (Lipinski definition) is 2. The summed E-state index contributed by atoms with van der Waals surface area (Å²) in [6.07, 6.45) is 1.34. The van der Waals surface area contributed by atoms with Gasteiger partial charge in [0.25, 0.3) is 0 Å². The number of nitrogens with two attached hydrogens (primary N) is 1. The summed E-state index contributed by atoms with van der Waals surface area (Å²) in [5, 5.41) is 3.43. The van der Waals surface area contributed by atoms with Gasteiger partial charge < -0.3 is 15.8 Å². The molecule has 138 valence electrons. The van der Waals surface area contributed by atoms with Crippen LogP contribution in [0.4, 0.5) is 10.2 Å². The normalized spacial score (nSPS) is 11.6. The van der Waals surface area contributed by atoms with Gasteiger partial charge in [0, 0.05) is 6.20 Å². The van der Waals surface area contributed by atoms with Crippen molar-refractivity contribution in [1.82, 2.24) is 4.98 Å². The van der Waals surface area contributed by atoms with Crippen molar-refractivity contribution in [2.75, 3.05) is 11.9 Å². The number of carbonyl (C=O) groups excluding carboxylic acids is 1. The zero-order valence-corrected chi connectivity index (χ0v) is 15.0. The number of rotatable bonds is 7. The molecule has 2 aromatic carbocycles. The van der Waals surface area contributed by atoms with Crippen LogP contribution in [0.3, 0.4) is 0 Å². The van der Waals surface area contributed by atoms with E-state index in [1.807, 2.05) is 30.3 Å². The molecule has 1 aromatic heterocycles. The minimum absolute atomic E-state index is 0.139. The molecule has 3 N–H and O–H groups in total. The molecular formula is C20H17ClFN3O2. The van der Waals surface area contributed by atoms with Crippen LogP contribution in [0.25, 0.3) is 0 Å². The maximum absolute atomic E-state index is 13.8. The molecule has 0 saturated carbocycles. The number of halogens is 2. The second kappa shape index (κ2) is 8.51. The van der Waals surface area contributed by atoms with Gasteiger partial charge in [0.2, 0.25) is 5.91 Å². The molecule has 3 rings (SSSR count). The smallest absolute Gasteiger partial charge is 0.250 e. The van der Waals surface area contributed by atoms with Crippen molar-refractivity contribution in [2.45, 2.75) is 6.04 Å². The molecule has 0 aliphatic rings. The molecule has 0 radical (unpaired) electrons. The fourth-order valence-corrected chi connectivity index (χ4v) is 2.71. The molecule has 5 nitrogen and oxygen atoms in total. The van der Waals surface area contributed by atoms with Crippen LogP contribution < -0.4 is 15.8 Å². The monoisotopic (exact) mass is 385 g/mol. The number of amides is 1. The molecule has 0 bridgehead atoms. The van der Waals surface area contributed by atoms with Crippen LogP contribution in [-0.2, 0) is 0 Å². The molecule has 0 aliphatic carbocycles. The van der Waals surface area contributed by atoms with Gasteiger partial charge in [-0.25, -0.2) is 9.37 Å². The maximum atomic E-state index is 13.8. The second-order valence-electron chi connectivity index (χ2n) is 5.77. The predicted octanol–water partition coefficient (Wildman–Crippen LogP) is 4.21. The van der Waals surface area contributed by atoms with Crippen molar-refractivity contribution in [3.8, 4) is 5.75 Å². The highest BCUT2D eigenvalue weighted by Crippen LogP contribution is 2.26. The summed E-state index contributed by atoms with van der Waals surface area (Å²) in [6.45, 7) is 0.139. The highest BCUT2D eigenvalue weighted by Gasteiger charge is 2.16. The number of nitrogens with zero attached hydrogens (tertiary/aromatic N) is 1. The number of pyridine rings is 1. The van der Waals surface area contributed by atoms with E-state index in [1.165, 1.54) is 18.3 Å². The Morgan fingerprint density at radius 1 is 1.19 bits per heavy atom. The second-order valence-corrected chi connectivity index (χ2v) is 6.17. The number of primary amides is 1. The van der Waals surface area contributed by atoms with E-state index in [0.717, 1.165) is 5.56 Å². The van der Waals surface area contributed by atoms with Gasteiger partial charge in [-0.3, -0.25) is 4.79 Å². The zero-order chi connectivity index (χ0) is 19.2. The Hall–Kier alpha value is -3.12. The average Bonchev–Trinajstić information content (AvgIpc) is 2.68. The predicted molar refractivity (Wildman–Crippen MR) is 102 cm³/mol. The number of carbonyl (C=O) groups is 1. The van der Waals surface area contributed by atoms with Gasteiger partial charge in [-0.05, 0) is 23.8 Å². The van der Waals surface area contributed by atoms with E-state index >= 15 is 0 Å². The number of hydrogen-bond acceptors (Lipinski definition) is 4. The molecule has 1 heterocycles. The lowest BCUT2D eigenvalue weighted by Gasteiger charge is -2.21. The van der Waals surface area contributed by atoms with Crippen molar-refractivity contribution >= 4 is 23.3 Å². The highest BCUT2D eigenvalue weighted by molar-refractivity contribution is 6.33. The summed E-state index contributed by atoms with van der Waals surface area (Å²) >= 11 is 6.21. The van der Waals surface area contributed by atoms with Crippen molar-refractivity contribution in [3.63, 3.8) is 0 Å². The minimum Gasteiger partial charge on any atom is -0.488 e. The van der Waals surface area contributed by atoms with Crippen molar-refractivity contribution in [1.29, 1.82) is 0 Å². The number of anilines is 1. The number of nitrogens with one attached hydrogen (secondary N) is 1. The highest BCUT2D eigenvalue weighted by atomic mass is 35.5. The van der Waals surface area contributed by atoms with E-state index in [1.54, 1.807) is 18.2 Å². The van der Waals surface area contributed by atoms with E-state index in [0.29, 0.717) is 5.82 Å². The van der Waals surface area contributed by atoms with Gasteiger partial charge in [-0.2, -0.15) is 0 Å². The molecule has 0 saturated heterocycles. The number of ether oxygens (including phenoxy) is 1. The Labute approximate surface area is 160 Å². The lowest BCUT2D eigenvalue weighted by molar-refractivity contribution is 0.1000. The van der Waals surface area contributed by atoms with E-state index in [9.17, 15) is 9.18 Å². The standard InChI is InChI=1S/C20H17ClFN3O2/c21-15-10-14(19(23)26)11-24-20(15)25-17(13-6-2-1-3-7-13)12-27-18-9-5-4-8-16(18)22/h1-11,17H,12H2,(H2,23,26)(H,24,25). The third kappa shape index (κ3) is 4.74. The molecule has 1 unspecified atom stereocenters. The molecule has 1 atom stereocenters. The quantitative estimate of drug-likeness (QED) is 0.638. The first-order valence-electron chi connectivity index (χ1n) is 8.19. The fourth-order valence-electron chi connectivity index (χ4n) is 2.49. The van der Waals surface area contributed by atoms with Crippen LogP contribution in [0.2, 0.25) is 5.02 Å². The van der Waals surface area contributed by atoms with Gasteiger partial charge in [-0.1, -0.05) is 54.1 Å². The van der Waals surface area contributed by atoms with Gasteiger partial charge in [0.05, 0.1) is 16.6 Å². The summed E-state index contributed by atoms with van der Waals surface area (Å²) in [4.78, 5) is 15.4. The average molecular weight is 386 g/mol. The third-order valence-corrected chi connectivity index (χ3v) is 4.17. The summed E-state index contributed by atoms with van der Waals surface area (Å²) in [7, 11) is 0. The first-order valence-corrected chi connectivity index (χ1v) is 8.56. The summed E-state index contributed by atoms with van der Waals surface area (Å²) in [5.74, 6) is -0.527. The van der Waals surface area contributed by atoms with Gasteiger partial charge >= 0.3 is 0 Å². The molecular weight excluding hydrogens is 369 g/mol. The summed E-state index contributed by atoms with van der Waals surface area (Å²) in [5.41, 5.74) is 6.36. The number of benzene rings is 2. The van der Waals surface area contributed by atoms with Crippen molar-refractivity contribution in [3.05, 3.63) is 88.8 Å². The van der Waals surface area contributed by atoms with E-state index in [-0.39, 0.29) is 29.0 Å². The largest absolute Gasteiger partial charge is 0.488 e. The summed E-state index contributed by atoms with van der Waals surface area (Å²) < 4.78 is 19.5. The lowest BCUT2D eigenvalue weighted by atomic mass is 10.1. The molecule has 1 amide bonds. The van der Waals surface area contributed by atoms with Crippen LogP contribution in [0, 0.1) is 5.82 Å². The van der Waals surface area contributed by atoms with Gasteiger partial charge in [-0.15, -0.1) is 0 Å². The first kappa shape index (κ1) is 18.7. The first-order chi connectivity index (χ1) is 13.0. The van der Waals surface area contributed by atoms with Crippen molar-refractivity contribution in [2.24, 2.45) is 5.73 Å². The Kier molecular flexibility index (Phi) is 5.88. The fraction of sp³-hybridized carbons (Fsp3) is 0.100. The van der Waals surface area contributed by atoms with Crippen molar-refractivity contribution < 1.29 is 13.9 Å². The number of para-hydroxylation sites is 1. The van der Waals surface area contributed by atoms with Crippen LogP contribution >= 0.6 is 11.6 Å². The molecule has 3 aromatic rings. The maximum Gasteiger partial charge on any atom is 0.250 e. The molecule has 0 aliphatic heterocycles. The van der Waals surface area contributed by atoms with E-state index < -0.39 is 11.7 Å². The molecule has 0 spiro atoms. The Balaban J connectivity index is 1.83. The van der Waals surface area contributed by atoms with Crippen LogP contribution in [0.1, 0.15) is 22.0 Å². The SMILES string of the molecule is NC(=O)c1cnc(NC(COc2ccccc2F)c2ccccc2)c(Cl)c1. The number of aromatic nitrogens is 1. The molecule has 0 fully saturated rings. The van der Waals surface area contributed by atoms with Gasteiger partial charge in [0.15, 0.2) is 11.6 Å². The molecule has 27 heavy (non-hydrogen) atoms. The zero-order valence-electron chi connectivity index (χ0n) is 14.2. The topological polar surface area (TPSA) is 77.2 Å². The summed E-state index contributed by atoms with van der Waals surface area (Å²) in [6, 6.07) is 16.8.